The van der Waals surface area contributed by atoms with Gasteiger partial charge in [0, 0.05) is 43.2 Å². The van der Waals surface area contributed by atoms with E-state index in [0.717, 1.165) is 49.3 Å². The second kappa shape index (κ2) is 9.72. The number of hydrogen-bond donors (Lipinski definition) is 1. The molecule has 30 heavy (non-hydrogen) atoms. The Bertz CT molecular complexity index is 959. The van der Waals surface area contributed by atoms with Crippen molar-refractivity contribution in [2.24, 2.45) is 0 Å². The second-order valence-corrected chi connectivity index (χ2v) is 8.16. The molecule has 3 aromatic rings. The summed E-state index contributed by atoms with van der Waals surface area (Å²) in [6.07, 6.45) is 4.74. The molecule has 0 radical (unpaired) electrons. The Morgan fingerprint density at radius 1 is 1.13 bits per heavy atom. The fourth-order valence-corrected chi connectivity index (χ4v) is 4.09. The Kier molecular flexibility index (Phi) is 6.60. The van der Waals surface area contributed by atoms with Gasteiger partial charge < -0.3 is 9.84 Å². The summed E-state index contributed by atoms with van der Waals surface area (Å²) in [5, 5.41) is 7.37. The number of likely N-dealkylation sites (tertiary alicyclic amines) is 1. The molecule has 2 aromatic carbocycles. The fourth-order valence-electron chi connectivity index (χ4n) is 4.09. The molecule has 0 atom stereocenters. The van der Waals surface area contributed by atoms with Gasteiger partial charge in [0.05, 0.1) is 0 Å². The van der Waals surface area contributed by atoms with Crippen LogP contribution in [0.25, 0.3) is 11.3 Å². The maximum Gasteiger partial charge on any atom is 0.220 e. The van der Waals surface area contributed by atoms with Crippen molar-refractivity contribution in [1.29, 1.82) is 0 Å². The lowest BCUT2D eigenvalue weighted by molar-refractivity contribution is -0.122. The van der Waals surface area contributed by atoms with Gasteiger partial charge in [0.2, 0.25) is 5.91 Å². The number of nitrogens with one attached hydrogen (secondary N) is 1. The molecular formula is C25H29N3O2. The van der Waals surface area contributed by atoms with Crippen LogP contribution in [0.1, 0.15) is 36.0 Å². The first-order chi connectivity index (χ1) is 14.7. The van der Waals surface area contributed by atoms with Crippen LogP contribution < -0.4 is 5.32 Å². The summed E-state index contributed by atoms with van der Waals surface area (Å²) in [5.74, 6) is 0.105. The van der Waals surface area contributed by atoms with E-state index in [2.05, 4.69) is 64.8 Å². The van der Waals surface area contributed by atoms with Crippen LogP contribution in [0, 0.1) is 6.92 Å². The molecule has 1 amide bonds. The summed E-state index contributed by atoms with van der Waals surface area (Å²) in [6.45, 7) is 5.07. The number of carbonyl (C=O) groups excluding carboxylic acids is 1. The first-order valence-corrected chi connectivity index (χ1v) is 10.7. The third-order valence-corrected chi connectivity index (χ3v) is 5.76. The van der Waals surface area contributed by atoms with E-state index in [9.17, 15) is 4.79 Å². The maximum absolute atomic E-state index is 12.5. The molecule has 1 aliphatic rings. The fraction of sp³-hybridized carbons (Fsp3) is 0.360. The predicted molar refractivity (Wildman–Crippen MR) is 118 cm³/mol. The predicted octanol–water partition coefficient (Wildman–Crippen LogP) is 4.36. The highest BCUT2D eigenvalue weighted by Crippen LogP contribution is 2.24. The lowest BCUT2D eigenvalue weighted by Crippen LogP contribution is -2.44. The van der Waals surface area contributed by atoms with E-state index in [1.54, 1.807) is 6.26 Å². The van der Waals surface area contributed by atoms with Crippen molar-refractivity contribution in [3.63, 3.8) is 0 Å². The Morgan fingerprint density at radius 2 is 1.93 bits per heavy atom. The summed E-state index contributed by atoms with van der Waals surface area (Å²) in [4.78, 5) is 15.0. The number of hydrogen-bond acceptors (Lipinski definition) is 4. The molecule has 0 unspecified atom stereocenters. The number of carbonyl (C=O) groups is 1. The van der Waals surface area contributed by atoms with Crippen molar-refractivity contribution in [1.82, 2.24) is 15.4 Å². The van der Waals surface area contributed by atoms with Crippen LogP contribution in [-0.4, -0.2) is 35.1 Å². The smallest absolute Gasteiger partial charge is 0.220 e. The van der Waals surface area contributed by atoms with Crippen molar-refractivity contribution < 1.29 is 9.32 Å². The first-order valence-electron chi connectivity index (χ1n) is 10.7. The van der Waals surface area contributed by atoms with Crippen LogP contribution in [0.2, 0.25) is 0 Å². The lowest BCUT2D eigenvalue weighted by atomic mass is 10.0. The van der Waals surface area contributed by atoms with Crippen molar-refractivity contribution in [2.45, 2.75) is 45.2 Å². The van der Waals surface area contributed by atoms with Gasteiger partial charge in [-0.25, -0.2) is 0 Å². The lowest BCUT2D eigenvalue weighted by Gasteiger charge is -2.32. The topological polar surface area (TPSA) is 58.4 Å². The van der Waals surface area contributed by atoms with E-state index in [0.29, 0.717) is 12.8 Å². The summed E-state index contributed by atoms with van der Waals surface area (Å²) >= 11 is 0. The number of aryl methyl sites for hydroxylation is 2. The summed E-state index contributed by atoms with van der Waals surface area (Å²) in [6, 6.07) is 19.0. The van der Waals surface area contributed by atoms with Gasteiger partial charge in [0.15, 0.2) is 0 Å². The normalized spacial score (nSPS) is 15.2. The van der Waals surface area contributed by atoms with Crippen LogP contribution in [-0.2, 0) is 17.8 Å². The number of piperidine rings is 1. The van der Waals surface area contributed by atoms with Crippen LogP contribution in [0.3, 0.4) is 0 Å². The van der Waals surface area contributed by atoms with E-state index in [-0.39, 0.29) is 11.9 Å². The third kappa shape index (κ3) is 5.36. The highest BCUT2D eigenvalue weighted by atomic mass is 16.5. The molecule has 5 nitrogen and oxygen atoms in total. The standard InChI is InChI=1S/C25H29N3O2/c1-19-6-5-9-21(16-19)25-22(18-30-27-25)10-11-24(29)26-23-12-14-28(15-13-23)17-20-7-3-2-4-8-20/h2-9,16,18,23H,10-15,17H2,1H3,(H,26,29). The molecule has 156 valence electrons. The van der Waals surface area contributed by atoms with E-state index >= 15 is 0 Å². The Hall–Kier alpha value is -2.92. The van der Waals surface area contributed by atoms with Gasteiger partial charge in [0.25, 0.3) is 0 Å². The SMILES string of the molecule is Cc1cccc(-c2nocc2CCC(=O)NC2CCN(Cc3ccccc3)CC2)c1. The minimum atomic E-state index is 0.105. The minimum Gasteiger partial charge on any atom is -0.364 e. The average molecular weight is 404 g/mol. The molecule has 4 rings (SSSR count). The number of amides is 1. The van der Waals surface area contributed by atoms with E-state index in [1.807, 2.05) is 12.1 Å². The highest BCUT2D eigenvalue weighted by Gasteiger charge is 2.21. The molecule has 1 aromatic heterocycles. The molecule has 0 saturated carbocycles. The summed E-state index contributed by atoms with van der Waals surface area (Å²) < 4.78 is 5.20. The quantitative estimate of drug-likeness (QED) is 0.637. The molecule has 2 heterocycles. The molecular weight excluding hydrogens is 374 g/mol. The Balaban J connectivity index is 1.23. The van der Waals surface area contributed by atoms with Gasteiger partial charge in [-0.1, -0.05) is 59.3 Å². The van der Waals surface area contributed by atoms with Gasteiger partial charge >= 0.3 is 0 Å². The number of benzene rings is 2. The van der Waals surface area contributed by atoms with Crippen molar-refractivity contribution in [3.05, 3.63) is 77.6 Å². The number of aromatic nitrogens is 1. The Morgan fingerprint density at radius 3 is 2.70 bits per heavy atom. The molecule has 0 aliphatic carbocycles. The van der Waals surface area contributed by atoms with Gasteiger partial charge in [0.1, 0.15) is 12.0 Å². The molecule has 1 aliphatic heterocycles. The monoisotopic (exact) mass is 403 g/mol. The third-order valence-electron chi connectivity index (χ3n) is 5.76. The van der Waals surface area contributed by atoms with Gasteiger partial charge in [-0.05, 0) is 37.8 Å². The van der Waals surface area contributed by atoms with Gasteiger partial charge in [-0.3, -0.25) is 9.69 Å². The molecule has 0 spiro atoms. The number of rotatable bonds is 7. The Labute approximate surface area is 178 Å². The molecule has 1 saturated heterocycles. The second-order valence-electron chi connectivity index (χ2n) is 8.16. The number of nitrogens with zero attached hydrogens (tertiary/aromatic N) is 2. The van der Waals surface area contributed by atoms with Crippen molar-refractivity contribution in [3.8, 4) is 11.3 Å². The largest absolute Gasteiger partial charge is 0.364 e. The van der Waals surface area contributed by atoms with Crippen molar-refractivity contribution >= 4 is 5.91 Å². The molecule has 1 fully saturated rings. The first kappa shape index (κ1) is 20.4. The van der Waals surface area contributed by atoms with E-state index < -0.39 is 0 Å². The zero-order chi connectivity index (χ0) is 20.8. The van der Waals surface area contributed by atoms with Crippen LogP contribution >= 0.6 is 0 Å². The van der Waals surface area contributed by atoms with E-state index in [1.165, 1.54) is 11.1 Å². The van der Waals surface area contributed by atoms with Gasteiger partial charge in [-0.2, -0.15) is 0 Å². The maximum atomic E-state index is 12.5. The van der Waals surface area contributed by atoms with Crippen molar-refractivity contribution in [2.75, 3.05) is 13.1 Å². The average Bonchev–Trinajstić information content (AvgIpc) is 3.23. The minimum absolute atomic E-state index is 0.105. The summed E-state index contributed by atoms with van der Waals surface area (Å²) in [5.41, 5.74) is 5.37. The molecule has 1 N–H and O–H groups in total. The molecule has 0 bridgehead atoms. The molecule has 5 heteroatoms. The zero-order valence-electron chi connectivity index (χ0n) is 17.5. The zero-order valence-corrected chi connectivity index (χ0v) is 17.5. The highest BCUT2D eigenvalue weighted by molar-refractivity contribution is 5.77. The van der Waals surface area contributed by atoms with E-state index in [4.69, 9.17) is 4.52 Å². The van der Waals surface area contributed by atoms with Crippen LogP contribution in [0.15, 0.2) is 65.4 Å². The van der Waals surface area contributed by atoms with Gasteiger partial charge in [-0.15, -0.1) is 0 Å². The van der Waals surface area contributed by atoms with Crippen LogP contribution in [0.5, 0.6) is 0 Å². The van der Waals surface area contributed by atoms with Crippen LogP contribution in [0.4, 0.5) is 0 Å². The summed E-state index contributed by atoms with van der Waals surface area (Å²) in [7, 11) is 0.